The summed E-state index contributed by atoms with van der Waals surface area (Å²) in [6.45, 7) is 11.5. The molecule has 6 heteroatoms. The van der Waals surface area contributed by atoms with Gasteiger partial charge in [-0.15, -0.1) is 0 Å². The molecule has 0 aliphatic heterocycles. The molecule has 0 radical (unpaired) electrons. The van der Waals surface area contributed by atoms with Crippen LogP contribution in [0.25, 0.3) is 0 Å². The number of hydrogen-bond donors (Lipinski definition) is 1. The summed E-state index contributed by atoms with van der Waals surface area (Å²) < 4.78 is 39.0. The zero-order valence-corrected chi connectivity index (χ0v) is 12.3. The van der Waals surface area contributed by atoms with Gasteiger partial charge in [0.25, 0.3) is 0 Å². The molecule has 0 aromatic heterocycles. The van der Waals surface area contributed by atoms with E-state index < -0.39 is 7.25 Å². The zero-order valence-electron chi connectivity index (χ0n) is 12.3. The molecule has 0 unspecified atom stereocenters. The van der Waals surface area contributed by atoms with Gasteiger partial charge in [-0.2, -0.15) is 0 Å². The normalized spacial score (nSPS) is 13.0. The van der Waals surface area contributed by atoms with E-state index in [4.69, 9.17) is 0 Å². The SMILES string of the molecule is CCC([NH3+])(CC)C(CC)(CC)CC.F[B-](F)(F)F. The standard InChI is InChI=1S/C12H27N.BF4/c1-6-11(7-2,8-3)12(13,9-4)10-5;2-1(3,4)5/h6-10,13H2,1-5H3;/q;-1/p+1. The molecule has 0 saturated heterocycles. The van der Waals surface area contributed by atoms with Gasteiger partial charge in [0.05, 0.1) is 5.54 Å². The largest absolute Gasteiger partial charge is 0.673 e. The van der Waals surface area contributed by atoms with Crippen LogP contribution in [-0.2, 0) is 0 Å². The molecule has 112 valence electrons. The van der Waals surface area contributed by atoms with Gasteiger partial charge in [-0.1, -0.05) is 34.6 Å². The number of quaternary nitrogens is 1. The maximum atomic E-state index is 9.75. The highest BCUT2D eigenvalue weighted by atomic mass is 19.5. The summed E-state index contributed by atoms with van der Waals surface area (Å²) in [7, 11) is -6.00. The van der Waals surface area contributed by atoms with Crippen LogP contribution in [0.5, 0.6) is 0 Å². The van der Waals surface area contributed by atoms with Gasteiger partial charge < -0.3 is 23.0 Å². The minimum atomic E-state index is -6.00. The third kappa shape index (κ3) is 6.07. The maximum Gasteiger partial charge on any atom is 0.673 e. The molecule has 0 saturated carbocycles. The number of halogens is 4. The van der Waals surface area contributed by atoms with Crippen molar-refractivity contribution in [1.82, 2.24) is 0 Å². The molecular formula is C12H28BF4N. The fraction of sp³-hybridized carbons (Fsp3) is 1.00. The quantitative estimate of drug-likeness (QED) is 0.552. The molecule has 0 fully saturated rings. The molecule has 0 amide bonds. The third-order valence-corrected chi connectivity index (χ3v) is 4.51. The van der Waals surface area contributed by atoms with E-state index in [0.29, 0.717) is 11.0 Å². The molecule has 1 nitrogen and oxygen atoms in total. The van der Waals surface area contributed by atoms with Crippen molar-refractivity contribution in [2.75, 3.05) is 0 Å². The van der Waals surface area contributed by atoms with Gasteiger partial charge in [0, 0.05) is 5.41 Å². The second-order valence-corrected chi connectivity index (χ2v) is 4.82. The van der Waals surface area contributed by atoms with Crippen LogP contribution in [0.15, 0.2) is 0 Å². The Bertz CT molecular complexity index is 196. The number of rotatable bonds is 6. The van der Waals surface area contributed by atoms with E-state index in [1.54, 1.807) is 0 Å². The van der Waals surface area contributed by atoms with Crippen molar-refractivity contribution in [1.29, 1.82) is 0 Å². The van der Waals surface area contributed by atoms with E-state index in [1.165, 1.54) is 32.1 Å². The van der Waals surface area contributed by atoms with E-state index in [0.717, 1.165) is 0 Å². The van der Waals surface area contributed by atoms with Crippen LogP contribution >= 0.6 is 0 Å². The molecule has 3 N–H and O–H groups in total. The van der Waals surface area contributed by atoms with Gasteiger partial charge in [-0.3, -0.25) is 0 Å². The molecule has 0 aromatic carbocycles. The van der Waals surface area contributed by atoms with Crippen molar-refractivity contribution in [2.24, 2.45) is 5.41 Å². The molecule has 0 aromatic rings. The first-order valence-corrected chi connectivity index (χ1v) is 6.78. The Balaban J connectivity index is 0. The van der Waals surface area contributed by atoms with Crippen LogP contribution in [0, 0.1) is 5.41 Å². The average molecular weight is 273 g/mol. The van der Waals surface area contributed by atoms with Gasteiger partial charge in [0.2, 0.25) is 0 Å². The number of hydrogen-bond acceptors (Lipinski definition) is 0. The highest BCUT2D eigenvalue weighted by Gasteiger charge is 2.45. The van der Waals surface area contributed by atoms with Gasteiger partial charge >= 0.3 is 7.25 Å². The Hall–Kier alpha value is -0.255. The van der Waals surface area contributed by atoms with Crippen molar-refractivity contribution in [3.05, 3.63) is 0 Å². The summed E-state index contributed by atoms with van der Waals surface area (Å²) in [5.74, 6) is 0. The van der Waals surface area contributed by atoms with Crippen LogP contribution in [-0.4, -0.2) is 12.8 Å². The van der Waals surface area contributed by atoms with Crippen LogP contribution in [0.4, 0.5) is 17.3 Å². The van der Waals surface area contributed by atoms with Crippen LogP contribution in [0.3, 0.4) is 0 Å². The summed E-state index contributed by atoms with van der Waals surface area (Å²) in [6.07, 6.45) is 6.22. The van der Waals surface area contributed by atoms with E-state index in [1.807, 2.05) is 0 Å². The first-order valence-electron chi connectivity index (χ1n) is 6.78. The summed E-state index contributed by atoms with van der Waals surface area (Å²) in [4.78, 5) is 0. The second kappa shape index (κ2) is 8.02. The van der Waals surface area contributed by atoms with Gasteiger partial charge in [-0.05, 0) is 32.1 Å². The minimum Gasteiger partial charge on any atom is -0.418 e. The first-order chi connectivity index (χ1) is 8.05. The lowest BCUT2D eigenvalue weighted by molar-refractivity contribution is -0.512. The Morgan fingerprint density at radius 3 is 1.00 bits per heavy atom. The lowest BCUT2D eigenvalue weighted by Crippen LogP contribution is -2.79. The van der Waals surface area contributed by atoms with Crippen molar-refractivity contribution in [3.63, 3.8) is 0 Å². The molecule has 18 heavy (non-hydrogen) atoms. The summed E-state index contributed by atoms with van der Waals surface area (Å²) in [5, 5.41) is 0. The Morgan fingerprint density at radius 1 is 0.722 bits per heavy atom. The molecule has 0 aliphatic rings. The lowest BCUT2D eigenvalue weighted by atomic mass is 9.62. The monoisotopic (exact) mass is 273 g/mol. The fourth-order valence-electron chi connectivity index (χ4n) is 2.87. The Kier molecular flexibility index (Phi) is 8.95. The van der Waals surface area contributed by atoms with Gasteiger partial charge in [0.1, 0.15) is 0 Å². The second-order valence-electron chi connectivity index (χ2n) is 4.82. The van der Waals surface area contributed by atoms with Gasteiger partial charge in [-0.25, -0.2) is 0 Å². The van der Waals surface area contributed by atoms with Crippen molar-refractivity contribution >= 4 is 7.25 Å². The van der Waals surface area contributed by atoms with Crippen molar-refractivity contribution < 1.29 is 23.0 Å². The average Bonchev–Trinajstić information content (AvgIpc) is 2.29. The molecule has 0 spiro atoms. The summed E-state index contributed by atoms with van der Waals surface area (Å²) in [5.41, 5.74) is 5.26. The molecular weight excluding hydrogens is 245 g/mol. The lowest BCUT2D eigenvalue weighted by Gasteiger charge is -2.44. The summed E-state index contributed by atoms with van der Waals surface area (Å²) >= 11 is 0. The van der Waals surface area contributed by atoms with E-state index in [2.05, 4.69) is 40.4 Å². The molecule has 0 aliphatic carbocycles. The predicted molar refractivity (Wildman–Crippen MR) is 69.7 cm³/mol. The van der Waals surface area contributed by atoms with Crippen LogP contribution in [0.1, 0.15) is 66.7 Å². The topological polar surface area (TPSA) is 27.6 Å². The smallest absolute Gasteiger partial charge is 0.418 e. The van der Waals surface area contributed by atoms with Crippen molar-refractivity contribution in [2.45, 2.75) is 72.3 Å². The van der Waals surface area contributed by atoms with E-state index in [-0.39, 0.29) is 0 Å². The van der Waals surface area contributed by atoms with E-state index in [9.17, 15) is 17.3 Å². The first kappa shape index (κ1) is 20.1. The molecule has 0 heterocycles. The Labute approximate surface area is 109 Å². The van der Waals surface area contributed by atoms with Crippen LogP contribution < -0.4 is 5.73 Å². The molecule has 0 rings (SSSR count). The zero-order chi connectivity index (χ0) is 15.0. The van der Waals surface area contributed by atoms with Crippen LogP contribution in [0.2, 0.25) is 0 Å². The highest BCUT2D eigenvalue weighted by molar-refractivity contribution is 6.50. The highest BCUT2D eigenvalue weighted by Crippen LogP contribution is 2.42. The third-order valence-electron chi connectivity index (χ3n) is 4.51. The maximum absolute atomic E-state index is 9.75. The van der Waals surface area contributed by atoms with E-state index >= 15 is 0 Å². The minimum absolute atomic E-state index is 0.297. The molecule has 0 bridgehead atoms. The van der Waals surface area contributed by atoms with Crippen molar-refractivity contribution in [3.8, 4) is 0 Å². The molecule has 0 atom stereocenters. The Morgan fingerprint density at radius 2 is 0.944 bits per heavy atom. The fourth-order valence-corrected chi connectivity index (χ4v) is 2.87. The van der Waals surface area contributed by atoms with Gasteiger partial charge in [0.15, 0.2) is 0 Å². The predicted octanol–water partition coefficient (Wildman–Crippen LogP) is 4.30. The summed E-state index contributed by atoms with van der Waals surface area (Å²) in [6, 6.07) is 0.